The summed E-state index contributed by atoms with van der Waals surface area (Å²) in [5.41, 5.74) is 2.08. The second-order valence-electron chi connectivity index (χ2n) is 5.59. The van der Waals surface area contributed by atoms with Gasteiger partial charge in [0.05, 0.1) is 24.4 Å². The van der Waals surface area contributed by atoms with E-state index in [-0.39, 0.29) is 12.5 Å². The van der Waals surface area contributed by atoms with Gasteiger partial charge in [0.25, 0.3) is 0 Å². The number of rotatable bonds is 8. The van der Waals surface area contributed by atoms with E-state index in [1.165, 1.54) is 0 Å². The number of benzene rings is 1. The molecule has 0 bridgehead atoms. The van der Waals surface area contributed by atoms with Gasteiger partial charge < -0.3 is 20.7 Å². The van der Waals surface area contributed by atoms with E-state index in [2.05, 4.69) is 31.3 Å². The third kappa shape index (κ3) is 6.72. The normalized spacial score (nSPS) is 11.1. The Hall–Kier alpha value is -2.61. The summed E-state index contributed by atoms with van der Waals surface area (Å²) in [5, 5.41) is 12.2. The SMILES string of the molecule is CN=C(NCCc1csc(C)n1)NCC(=O)NCc1ccc(OC)cc1. The van der Waals surface area contributed by atoms with Crippen molar-refractivity contribution in [2.75, 3.05) is 27.2 Å². The van der Waals surface area contributed by atoms with E-state index in [1.54, 1.807) is 25.5 Å². The van der Waals surface area contributed by atoms with E-state index in [0.29, 0.717) is 19.0 Å². The molecule has 1 heterocycles. The van der Waals surface area contributed by atoms with Crippen molar-refractivity contribution in [2.45, 2.75) is 19.9 Å². The summed E-state index contributed by atoms with van der Waals surface area (Å²) in [6.07, 6.45) is 0.814. The van der Waals surface area contributed by atoms with Crippen molar-refractivity contribution in [1.29, 1.82) is 0 Å². The third-order valence-corrected chi connectivity index (χ3v) is 4.45. The number of hydrogen-bond donors (Lipinski definition) is 3. The number of thiazole rings is 1. The molecule has 0 spiro atoms. The van der Waals surface area contributed by atoms with Gasteiger partial charge in [0, 0.05) is 31.9 Å². The summed E-state index contributed by atoms with van der Waals surface area (Å²) in [6, 6.07) is 7.59. The van der Waals surface area contributed by atoms with E-state index in [9.17, 15) is 4.79 Å². The second kappa shape index (κ2) is 10.4. The molecule has 0 aliphatic rings. The lowest BCUT2D eigenvalue weighted by molar-refractivity contribution is -0.120. The van der Waals surface area contributed by atoms with Crippen molar-refractivity contribution in [3.63, 3.8) is 0 Å². The zero-order valence-corrected chi connectivity index (χ0v) is 16.2. The molecular weight excluding hydrogens is 350 g/mol. The molecule has 1 aromatic heterocycles. The molecular formula is C18H25N5O2S. The Morgan fingerprint density at radius 2 is 2.00 bits per heavy atom. The summed E-state index contributed by atoms with van der Waals surface area (Å²) >= 11 is 1.64. The Bertz CT molecular complexity index is 727. The molecule has 1 amide bonds. The highest BCUT2D eigenvalue weighted by atomic mass is 32.1. The molecule has 0 saturated carbocycles. The Balaban J connectivity index is 1.65. The zero-order chi connectivity index (χ0) is 18.8. The van der Waals surface area contributed by atoms with Crippen LogP contribution in [0.25, 0.3) is 0 Å². The molecule has 7 nitrogen and oxygen atoms in total. The van der Waals surface area contributed by atoms with E-state index < -0.39 is 0 Å². The van der Waals surface area contributed by atoms with Gasteiger partial charge in [-0.1, -0.05) is 12.1 Å². The number of guanidine groups is 1. The second-order valence-corrected chi connectivity index (χ2v) is 6.65. The lowest BCUT2D eigenvalue weighted by Crippen LogP contribution is -2.43. The maximum atomic E-state index is 12.0. The number of ether oxygens (including phenoxy) is 1. The highest BCUT2D eigenvalue weighted by Gasteiger charge is 2.04. The third-order valence-electron chi connectivity index (χ3n) is 3.63. The van der Waals surface area contributed by atoms with Crippen molar-refractivity contribution in [3.8, 4) is 5.75 Å². The minimum atomic E-state index is -0.0982. The number of carbonyl (C=O) groups excluding carboxylic acids is 1. The Kier molecular flexibility index (Phi) is 7.88. The van der Waals surface area contributed by atoms with Gasteiger partial charge in [-0.25, -0.2) is 4.98 Å². The molecule has 0 unspecified atom stereocenters. The summed E-state index contributed by atoms with van der Waals surface area (Å²) in [4.78, 5) is 20.5. The Labute approximate surface area is 157 Å². The minimum absolute atomic E-state index is 0.0982. The van der Waals surface area contributed by atoms with Crippen LogP contribution in [0.15, 0.2) is 34.6 Å². The maximum Gasteiger partial charge on any atom is 0.239 e. The van der Waals surface area contributed by atoms with Crippen molar-refractivity contribution in [3.05, 3.63) is 45.9 Å². The first-order valence-electron chi connectivity index (χ1n) is 8.36. The minimum Gasteiger partial charge on any atom is -0.497 e. The monoisotopic (exact) mass is 375 g/mol. The quantitative estimate of drug-likeness (QED) is 0.481. The molecule has 2 aromatic rings. The molecule has 0 aliphatic heterocycles. The maximum absolute atomic E-state index is 12.0. The number of aryl methyl sites for hydroxylation is 1. The molecule has 3 N–H and O–H groups in total. The molecule has 0 atom stereocenters. The van der Waals surface area contributed by atoms with Crippen LogP contribution in [0.1, 0.15) is 16.3 Å². The van der Waals surface area contributed by atoms with Crippen molar-refractivity contribution in [2.24, 2.45) is 4.99 Å². The predicted molar refractivity (Wildman–Crippen MR) is 105 cm³/mol. The van der Waals surface area contributed by atoms with Gasteiger partial charge in [0.1, 0.15) is 5.75 Å². The number of aromatic nitrogens is 1. The van der Waals surface area contributed by atoms with Crippen LogP contribution in [0, 0.1) is 6.92 Å². The first kappa shape index (κ1) is 19.7. The molecule has 0 saturated heterocycles. The predicted octanol–water partition coefficient (Wildman–Crippen LogP) is 1.48. The molecule has 0 radical (unpaired) electrons. The number of amides is 1. The first-order chi connectivity index (χ1) is 12.6. The van der Waals surface area contributed by atoms with Crippen molar-refractivity contribution >= 4 is 23.2 Å². The van der Waals surface area contributed by atoms with E-state index in [4.69, 9.17) is 4.74 Å². The molecule has 26 heavy (non-hydrogen) atoms. The van der Waals surface area contributed by atoms with Crippen LogP contribution >= 0.6 is 11.3 Å². The molecule has 1 aromatic carbocycles. The summed E-state index contributed by atoms with van der Waals surface area (Å²) in [5.74, 6) is 1.29. The van der Waals surface area contributed by atoms with Gasteiger partial charge in [-0.2, -0.15) is 0 Å². The Morgan fingerprint density at radius 1 is 1.23 bits per heavy atom. The molecule has 2 rings (SSSR count). The van der Waals surface area contributed by atoms with Crippen LogP contribution in [-0.4, -0.2) is 44.1 Å². The smallest absolute Gasteiger partial charge is 0.239 e. The van der Waals surface area contributed by atoms with Crippen LogP contribution in [0.2, 0.25) is 0 Å². The van der Waals surface area contributed by atoms with Gasteiger partial charge >= 0.3 is 0 Å². The van der Waals surface area contributed by atoms with E-state index >= 15 is 0 Å². The number of methoxy groups -OCH3 is 1. The van der Waals surface area contributed by atoms with Crippen LogP contribution < -0.4 is 20.7 Å². The van der Waals surface area contributed by atoms with Crippen LogP contribution in [0.3, 0.4) is 0 Å². The number of nitrogens with one attached hydrogen (secondary N) is 3. The van der Waals surface area contributed by atoms with Gasteiger partial charge in [-0.15, -0.1) is 11.3 Å². The van der Waals surface area contributed by atoms with Crippen LogP contribution in [0.4, 0.5) is 0 Å². The fraction of sp³-hybridized carbons (Fsp3) is 0.389. The Morgan fingerprint density at radius 3 is 2.62 bits per heavy atom. The summed E-state index contributed by atoms with van der Waals surface area (Å²) in [7, 11) is 3.30. The van der Waals surface area contributed by atoms with Crippen molar-refractivity contribution < 1.29 is 9.53 Å². The fourth-order valence-corrected chi connectivity index (χ4v) is 2.87. The lowest BCUT2D eigenvalue weighted by Gasteiger charge is -2.11. The molecule has 8 heteroatoms. The average Bonchev–Trinajstić information content (AvgIpc) is 3.08. The fourth-order valence-electron chi connectivity index (χ4n) is 2.22. The first-order valence-corrected chi connectivity index (χ1v) is 9.24. The molecule has 0 aliphatic carbocycles. The number of carbonyl (C=O) groups is 1. The van der Waals surface area contributed by atoms with E-state index in [0.717, 1.165) is 28.4 Å². The number of nitrogens with zero attached hydrogens (tertiary/aromatic N) is 2. The van der Waals surface area contributed by atoms with E-state index in [1.807, 2.05) is 31.2 Å². The highest BCUT2D eigenvalue weighted by molar-refractivity contribution is 7.09. The molecule has 140 valence electrons. The number of aliphatic imine (C=N–C) groups is 1. The highest BCUT2D eigenvalue weighted by Crippen LogP contribution is 2.10. The number of hydrogen-bond acceptors (Lipinski definition) is 5. The van der Waals surface area contributed by atoms with Crippen LogP contribution in [-0.2, 0) is 17.8 Å². The topological polar surface area (TPSA) is 87.6 Å². The zero-order valence-electron chi connectivity index (χ0n) is 15.3. The van der Waals surface area contributed by atoms with Crippen LogP contribution in [0.5, 0.6) is 5.75 Å². The summed E-state index contributed by atoms with van der Waals surface area (Å²) < 4.78 is 5.11. The standard InChI is InChI=1S/C18H25N5O2S/c1-13-23-15(12-26-13)8-9-20-18(19-2)22-11-17(24)21-10-14-4-6-16(25-3)7-5-14/h4-7,12H,8-11H2,1-3H3,(H,21,24)(H2,19,20,22). The van der Waals surface area contributed by atoms with Gasteiger partial charge in [0.15, 0.2) is 5.96 Å². The average molecular weight is 375 g/mol. The van der Waals surface area contributed by atoms with Gasteiger partial charge in [-0.3, -0.25) is 9.79 Å². The molecule has 0 fully saturated rings. The summed E-state index contributed by atoms with van der Waals surface area (Å²) in [6.45, 7) is 3.33. The lowest BCUT2D eigenvalue weighted by atomic mass is 10.2. The largest absolute Gasteiger partial charge is 0.497 e. The van der Waals surface area contributed by atoms with Crippen molar-refractivity contribution in [1.82, 2.24) is 20.9 Å². The van der Waals surface area contributed by atoms with Gasteiger partial charge in [0.2, 0.25) is 5.91 Å². The van der Waals surface area contributed by atoms with Gasteiger partial charge in [-0.05, 0) is 24.6 Å².